The molecule has 6 nitrogen and oxygen atoms in total. The van der Waals surface area contributed by atoms with Crippen LogP contribution in [0.15, 0.2) is 24.3 Å². The molecule has 0 aliphatic carbocycles. The van der Waals surface area contributed by atoms with Gasteiger partial charge in [0.05, 0.1) is 16.4 Å². The van der Waals surface area contributed by atoms with Crippen molar-refractivity contribution in [2.24, 2.45) is 0 Å². The molecule has 22 heavy (non-hydrogen) atoms. The van der Waals surface area contributed by atoms with Crippen LogP contribution < -0.4 is 10.6 Å². The maximum atomic E-state index is 12.1. The summed E-state index contributed by atoms with van der Waals surface area (Å²) in [4.78, 5) is 12.1. The number of halogens is 2. The third-order valence-electron chi connectivity index (χ3n) is 3.25. The first kappa shape index (κ1) is 18.4. The van der Waals surface area contributed by atoms with Gasteiger partial charge in [-0.15, -0.1) is 17.5 Å². The van der Waals surface area contributed by atoms with Crippen molar-refractivity contribution in [3.63, 3.8) is 0 Å². The Labute approximate surface area is 140 Å². The first-order valence-electron chi connectivity index (χ1n) is 6.67. The summed E-state index contributed by atoms with van der Waals surface area (Å²) in [7, 11) is 1.84. The molecular formula is C14H19Cl2N5O. The molecule has 2 aromatic rings. The molecule has 2 N–H and O–H groups in total. The highest BCUT2D eigenvalue weighted by atomic mass is 35.5. The smallest absolute Gasteiger partial charge is 0.273 e. The third kappa shape index (κ3) is 3.97. The number of benzene rings is 1. The van der Waals surface area contributed by atoms with Gasteiger partial charge in [-0.1, -0.05) is 28.9 Å². The van der Waals surface area contributed by atoms with Gasteiger partial charge in [0.15, 0.2) is 5.69 Å². The quantitative estimate of drug-likeness (QED) is 0.870. The Morgan fingerprint density at radius 1 is 1.41 bits per heavy atom. The van der Waals surface area contributed by atoms with Crippen molar-refractivity contribution in [3.05, 3.63) is 40.7 Å². The van der Waals surface area contributed by atoms with Crippen LogP contribution in [0.4, 0.5) is 0 Å². The van der Waals surface area contributed by atoms with Crippen LogP contribution >= 0.6 is 24.0 Å². The van der Waals surface area contributed by atoms with E-state index in [1.54, 1.807) is 17.7 Å². The molecule has 0 spiro atoms. The van der Waals surface area contributed by atoms with Gasteiger partial charge in [-0.25, -0.2) is 4.68 Å². The van der Waals surface area contributed by atoms with Gasteiger partial charge in [-0.05, 0) is 33.0 Å². The molecule has 0 fully saturated rings. The lowest BCUT2D eigenvalue weighted by Crippen LogP contribution is -2.37. The van der Waals surface area contributed by atoms with Gasteiger partial charge < -0.3 is 10.6 Å². The Bertz CT molecular complexity index is 644. The maximum Gasteiger partial charge on any atom is 0.273 e. The van der Waals surface area contributed by atoms with Gasteiger partial charge in [0.25, 0.3) is 5.91 Å². The topological polar surface area (TPSA) is 71.8 Å². The zero-order valence-electron chi connectivity index (χ0n) is 12.6. The highest BCUT2D eigenvalue weighted by Gasteiger charge is 2.18. The summed E-state index contributed by atoms with van der Waals surface area (Å²) in [5, 5.41) is 14.4. The number of likely N-dealkylation sites (N-methyl/N-ethyl adjacent to an activating group) is 1. The first-order valence-corrected chi connectivity index (χ1v) is 7.05. The summed E-state index contributed by atoms with van der Waals surface area (Å²) in [6, 6.07) is 7.48. The van der Waals surface area contributed by atoms with Crippen LogP contribution in [-0.4, -0.2) is 40.5 Å². The second-order valence-electron chi connectivity index (χ2n) is 4.79. The molecule has 1 aromatic carbocycles. The predicted molar refractivity (Wildman–Crippen MR) is 89.2 cm³/mol. The molecule has 1 atom stereocenters. The molecule has 1 unspecified atom stereocenters. The number of nitrogens with zero attached hydrogens (tertiary/aromatic N) is 3. The fourth-order valence-corrected chi connectivity index (χ4v) is 2.04. The number of amides is 1. The Morgan fingerprint density at radius 3 is 2.73 bits per heavy atom. The van der Waals surface area contributed by atoms with E-state index in [9.17, 15) is 4.79 Å². The van der Waals surface area contributed by atoms with E-state index in [0.717, 1.165) is 0 Å². The number of aromatic nitrogens is 3. The maximum absolute atomic E-state index is 12.1. The second-order valence-corrected chi connectivity index (χ2v) is 5.19. The molecular weight excluding hydrogens is 325 g/mol. The van der Waals surface area contributed by atoms with E-state index in [2.05, 4.69) is 20.9 Å². The SMILES string of the molecule is CNC(C)CNC(=O)c1nnn(-c2ccccc2Cl)c1C.Cl. The molecule has 8 heteroatoms. The van der Waals surface area contributed by atoms with Gasteiger partial charge >= 0.3 is 0 Å². The minimum absolute atomic E-state index is 0. The van der Waals surface area contributed by atoms with Crippen molar-refractivity contribution in [3.8, 4) is 5.69 Å². The van der Waals surface area contributed by atoms with Crippen molar-refractivity contribution < 1.29 is 4.79 Å². The van der Waals surface area contributed by atoms with Crippen LogP contribution in [0.25, 0.3) is 5.69 Å². The van der Waals surface area contributed by atoms with Gasteiger partial charge in [-0.3, -0.25) is 4.79 Å². The fourth-order valence-electron chi connectivity index (χ4n) is 1.82. The first-order chi connectivity index (χ1) is 10.0. The normalized spacial score (nSPS) is 11.6. The Hall–Kier alpha value is -1.63. The van der Waals surface area contributed by atoms with E-state index in [1.807, 2.05) is 32.2 Å². The van der Waals surface area contributed by atoms with Crippen LogP contribution in [0.1, 0.15) is 23.1 Å². The minimum atomic E-state index is -0.243. The molecule has 0 radical (unpaired) electrons. The molecule has 0 bridgehead atoms. The summed E-state index contributed by atoms with van der Waals surface area (Å²) >= 11 is 6.14. The van der Waals surface area contributed by atoms with Crippen molar-refractivity contribution in [1.82, 2.24) is 25.6 Å². The Balaban J connectivity index is 0.00000242. The van der Waals surface area contributed by atoms with Crippen LogP contribution in [0, 0.1) is 6.92 Å². The lowest BCUT2D eigenvalue weighted by molar-refractivity contribution is 0.0945. The van der Waals surface area contributed by atoms with E-state index >= 15 is 0 Å². The summed E-state index contributed by atoms with van der Waals surface area (Å²) in [6.45, 7) is 4.29. The average Bonchev–Trinajstić information content (AvgIpc) is 2.86. The van der Waals surface area contributed by atoms with Crippen molar-refractivity contribution in [1.29, 1.82) is 0 Å². The van der Waals surface area contributed by atoms with Crippen LogP contribution in [0.2, 0.25) is 5.02 Å². The van der Waals surface area contributed by atoms with E-state index in [4.69, 9.17) is 11.6 Å². The van der Waals surface area contributed by atoms with Crippen molar-refractivity contribution in [2.75, 3.05) is 13.6 Å². The number of para-hydroxylation sites is 1. The molecule has 120 valence electrons. The van der Waals surface area contributed by atoms with E-state index in [-0.39, 0.29) is 24.4 Å². The molecule has 0 saturated carbocycles. The highest BCUT2D eigenvalue weighted by Crippen LogP contribution is 2.20. The standard InChI is InChI=1S/C14H18ClN5O.ClH/c1-9(16-3)8-17-14(21)13-10(2)20(19-18-13)12-7-5-4-6-11(12)15;/h4-7,9,16H,8H2,1-3H3,(H,17,21);1H. The summed E-state index contributed by atoms with van der Waals surface area (Å²) in [6.07, 6.45) is 0. The van der Waals surface area contributed by atoms with Crippen molar-refractivity contribution >= 4 is 29.9 Å². The summed E-state index contributed by atoms with van der Waals surface area (Å²) < 4.78 is 1.57. The van der Waals surface area contributed by atoms with Crippen molar-refractivity contribution in [2.45, 2.75) is 19.9 Å². The van der Waals surface area contributed by atoms with Crippen LogP contribution in [-0.2, 0) is 0 Å². The van der Waals surface area contributed by atoms with Crippen LogP contribution in [0.3, 0.4) is 0 Å². The number of carbonyl (C=O) groups is 1. The zero-order chi connectivity index (χ0) is 15.4. The Kier molecular flexibility index (Phi) is 6.80. The average molecular weight is 344 g/mol. The highest BCUT2D eigenvalue weighted by molar-refractivity contribution is 6.32. The predicted octanol–water partition coefficient (Wildman–Crippen LogP) is 1.99. The monoisotopic (exact) mass is 343 g/mol. The molecule has 0 aliphatic heterocycles. The molecule has 1 heterocycles. The van der Waals surface area contributed by atoms with E-state index in [0.29, 0.717) is 28.6 Å². The zero-order valence-corrected chi connectivity index (χ0v) is 14.2. The molecule has 1 amide bonds. The number of hydrogen-bond donors (Lipinski definition) is 2. The number of carbonyl (C=O) groups excluding carboxylic acids is 1. The van der Waals surface area contributed by atoms with Gasteiger partial charge in [-0.2, -0.15) is 0 Å². The number of hydrogen-bond acceptors (Lipinski definition) is 4. The van der Waals surface area contributed by atoms with Gasteiger partial charge in [0, 0.05) is 12.6 Å². The molecule has 1 aromatic heterocycles. The lowest BCUT2D eigenvalue weighted by Gasteiger charge is -2.10. The largest absolute Gasteiger partial charge is 0.349 e. The second kappa shape index (κ2) is 8.12. The van der Waals surface area contributed by atoms with Crippen LogP contribution in [0.5, 0.6) is 0 Å². The number of rotatable bonds is 5. The van der Waals surface area contributed by atoms with Gasteiger partial charge in [0.1, 0.15) is 0 Å². The minimum Gasteiger partial charge on any atom is -0.349 e. The fraction of sp³-hybridized carbons (Fsp3) is 0.357. The number of nitrogens with one attached hydrogen (secondary N) is 2. The van der Waals surface area contributed by atoms with E-state index < -0.39 is 0 Å². The Morgan fingerprint density at radius 2 is 2.09 bits per heavy atom. The third-order valence-corrected chi connectivity index (χ3v) is 3.57. The van der Waals surface area contributed by atoms with Gasteiger partial charge in [0.2, 0.25) is 0 Å². The lowest BCUT2D eigenvalue weighted by atomic mass is 10.2. The summed E-state index contributed by atoms with van der Waals surface area (Å²) in [5.41, 5.74) is 1.66. The molecule has 2 rings (SSSR count). The summed E-state index contributed by atoms with van der Waals surface area (Å²) in [5.74, 6) is -0.243. The molecule has 0 aliphatic rings. The molecule has 0 saturated heterocycles. The van der Waals surface area contributed by atoms with E-state index in [1.165, 1.54) is 0 Å².